The molecule has 0 atom stereocenters. The van der Waals surface area contributed by atoms with Crippen LogP contribution in [0.25, 0.3) is 0 Å². The van der Waals surface area contributed by atoms with Crippen LogP contribution in [0.1, 0.15) is 64.2 Å². The summed E-state index contributed by atoms with van der Waals surface area (Å²) in [7, 11) is 0. The molecule has 1 rings (SSSR count). The zero-order valence-electron chi connectivity index (χ0n) is 8.98. The first-order valence-corrected chi connectivity index (χ1v) is 5.87. The van der Waals surface area contributed by atoms with E-state index >= 15 is 0 Å². The molecular formula is C13H20O. The van der Waals surface area contributed by atoms with Crippen molar-refractivity contribution in [2.24, 2.45) is 0 Å². The van der Waals surface area contributed by atoms with Gasteiger partial charge in [-0.1, -0.05) is 25.7 Å². The minimum Gasteiger partial charge on any atom is -0.300 e. The molecule has 0 amide bonds. The predicted octanol–water partition coefficient (Wildman–Crippen LogP) is 3.47. The summed E-state index contributed by atoms with van der Waals surface area (Å²) in [4.78, 5) is 11.3. The lowest BCUT2D eigenvalue weighted by molar-refractivity contribution is -0.119. The van der Waals surface area contributed by atoms with Gasteiger partial charge in [0.15, 0.2) is 0 Å². The molecule has 1 nitrogen and oxygen atoms in total. The van der Waals surface area contributed by atoms with Crippen molar-refractivity contribution < 1.29 is 4.79 Å². The fourth-order valence-electron chi connectivity index (χ4n) is 1.75. The second-order valence-corrected chi connectivity index (χ2v) is 4.01. The van der Waals surface area contributed by atoms with Crippen molar-refractivity contribution in [3.05, 3.63) is 0 Å². The predicted molar refractivity (Wildman–Crippen MR) is 59.0 cm³/mol. The van der Waals surface area contributed by atoms with E-state index in [-0.39, 0.29) is 0 Å². The van der Waals surface area contributed by atoms with E-state index in [1.807, 2.05) is 0 Å². The van der Waals surface area contributed by atoms with Crippen LogP contribution in [0.2, 0.25) is 0 Å². The molecule has 0 saturated heterocycles. The summed E-state index contributed by atoms with van der Waals surface area (Å²) in [5, 5.41) is 0. The number of carbonyl (C=O) groups is 1. The van der Waals surface area contributed by atoms with E-state index in [2.05, 4.69) is 11.8 Å². The van der Waals surface area contributed by atoms with Crippen molar-refractivity contribution >= 4 is 5.78 Å². The molecule has 0 bridgehead atoms. The fraction of sp³-hybridized carbons (Fsp3) is 0.769. The molecule has 0 heterocycles. The summed E-state index contributed by atoms with van der Waals surface area (Å²) in [5.74, 6) is 6.63. The maximum absolute atomic E-state index is 11.3. The minimum atomic E-state index is 0.401. The van der Waals surface area contributed by atoms with Crippen LogP contribution < -0.4 is 0 Å². The minimum absolute atomic E-state index is 0.401. The van der Waals surface area contributed by atoms with Crippen molar-refractivity contribution in [3.63, 3.8) is 0 Å². The third-order valence-corrected chi connectivity index (χ3v) is 2.66. The van der Waals surface area contributed by atoms with E-state index in [1.54, 1.807) is 0 Å². The third-order valence-electron chi connectivity index (χ3n) is 2.66. The van der Waals surface area contributed by atoms with Gasteiger partial charge in [0.2, 0.25) is 0 Å². The monoisotopic (exact) mass is 192 g/mol. The summed E-state index contributed by atoms with van der Waals surface area (Å²) in [6, 6.07) is 0. The molecule has 0 saturated carbocycles. The first-order chi connectivity index (χ1) is 6.89. The van der Waals surface area contributed by atoms with Crippen molar-refractivity contribution in [3.8, 4) is 11.8 Å². The van der Waals surface area contributed by atoms with Gasteiger partial charge in [0.1, 0.15) is 5.78 Å². The molecule has 78 valence electrons. The topological polar surface area (TPSA) is 17.1 Å². The summed E-state index contributed by atoms with van der Waals surface area (Å²) in [6.45, 7) is 0. The van der Waals surface area contributed by atoms with Crippen LogP contribution in [0.4, 0.5) is 0 Å². The first kappa shape index (κ1) is 11.3. The van der Waals surface area contributed by atoms with Crippen molar-refractivity contribution in [1.82, 2.24) is 0 Å². The number of carbonyl (C=O) groups excluding carboxylic acids is 1. The molecule has 1 aliphatic rings. The molecule has 0 aromatic carbocycles. The molecule has 1 heteroatoms. The molecule has 1 aliphatic carbocycles. The van der Waals surface area contributed by atoms with Crippen molar-refractivity contribution in [2.75, 3.05) is 0 Å². The van der Waals surface area contributed by atoms with Crippen LogP contribution in [0.15, 0.2) is 0 Å². The van der Waals surface area contributed by atoms with Gasteiger partial charge in [0.05, 0.1) is 0 Å². The van der Waals surface area contributed by atoms with Gasteiger partial charge in [-0.3, -0.25) is 4.79 Å². The van der Waals surface area contributed by atoms with Crippen LogP contribution in [0.5, 0.6) is 0 Å². The molecule has 0 radical (unpaired) electrons. The van der Waals surface area contributed by atoms with E-state index in [1.165, 1.54) is 32.1 Å². The number of rotatable bonds is 0. The van der Waals surface area contributed by atoms with E-state index in [0.717, 1.165) is 25.7 Å². The lowest BCUT2D eigenvalue weighted by Crippen LogP contribution is -1.96. The zero-order chi connectivity index (χ0) is 10.1. The Kier molecular flexibility index (Phi) is 6.15. The quantitative estimate of drug-likeness (QED) is 0.537. The fourth-order valence-corrected chi connectivity index (χ4v) is 1.75. The molecule has 0 aromatic rings. The Morgan fingerprint density at radius 3 is 2.21 bits per heavy atom. The van der Waals surface area contributed by atoms with Gasteiger partial charge in [0, 0.05) is 25.7 Å². The molecule has 0 fully saturated rings. The van der Waals surface area contributed by atoms with Gasteiger partial charge in [-0.2, -0.15) is 0 Å². The van der Waals surface area contributed by atoms with E-state index < -0.39 is 0 Å². The van der Waals surface area contributed by atoms with Gasteiger partial charge in [-0.25, -0.2) is 0 Å². The Hall–Kier alpha value is -0.770. The molecule has 0 unspecified atom stereocenters. The Labute approximate surface area is 87.3 Å². The summed E-state index contributed by atoms with van der Waals surface area (Å²) in [6.07, 6.45) is 10.7. The van der Waals surface area contributed by atoms with E-state index in [9.17, 15) is 4.79 Å². The highest BCUT2D eigenvalue weighted by Crippen LogP contribution is 2.10. The van der Waals surface area contributed by atoms with Crippen molar-refractivity contribution in [2.45, 2.75) is 64.2 Å². The highest BCUT2D eigenvalue weighted by molar-refractivity contribution is 5.78. The Balaban J connectivity index is 2.26. The summed E-state index contributed by atoms with van der Waals surface area (Å²) in [5.41, 5.74) is 0. The highest BCUT2D eigenvalue weighted by Gasteiger charge is 2.00. The van der Waals surface area contributed by atoms with Gasteiger partial charge >= 0.3 is 0 Å². The molecule has 0 aromatic heterocycles. The summed E-state index contributed by atoms with van der Waals surface area (Å²) < 4.78 is 0. The smallest absolute Gasteiger partial charge is 0.133 e. The van der Waals surface area contributed by atoms with Gasteiger partial charge in [0.25, 0.3) is 0 Å². The second kappa shape index (κ2) is 7.62. The number of ketones is 1. The lowest BCUT2D eigenvalue weighted by atomic mass is 10.1. The maximum atomic E-state index is 11.3. The number of Topliss-reactive ketones (excluding diaryl/α,β-unsaturated/α-hetero) is 1. The Bertz CT molecular complexity index is 219. The Morgan fingerprint density at radius 1 is 0.714 bits per heavy atom. The first-order valence-electron chi connectivity index (χ1n) is 5.87. The maximum Gasteiger partial charge on any atom is 0.133 e. The standard InChI is InChI=1S/C13H20O/c14-13-11-9-7-5-3-1-2-4-6-8-10-12-13/h1-5,7,9-12H2. The largest absolute Gasteiger partial charge is 0.300 e. The number of hydrogen-bond donors (Lipinski definition) is 0. The molecule has 0 N–H and O–H groups in total. The number of hydrogen-bond acceptors (Lipinski definition) is 1. The average Bonchev–Trinajstić information content (AvgIpc) is 2.20. The second-order valence-electron chi connectivity index (χ2n) is 4.01. The molecular weight excluding hydrogens is 172 g/mol. The van der Waals surface area contributed by atoms with Gasteiger partial charge in [-0.15, -0.1) is 11.8 Å². The van der Waals surface area contributed by atoms with Crippen LogP contribution in [0, 0.1) is 11.8 Å². The van der Waals surface area contributed by atoms with Crippen LogP contribution in [0.3, 0.4) is 0 Å². The molecule has 0 spiro atoms. The Morgan fingerprint density at radius 2 is 1.36 bits per heavy atom. The van der Waals surface area contributed by atoms with Crippen LogP contribution in [-0.4, -0.2) is 5.78 Å². The molecule has 0 aliphatic heterocycles. The van der Waals surface area contributed by atoms with Crippen molar-refractivity contribution in [1.29, 1.82) is 0 Å². The average molecular weight is 192 g/mol. The van der Waals surface area contributed by atoms with Gasteiger partial charge in [-0.05, 0) is 12.8 Å². The van der Waals surface area contributed by atoms with Gasteiger partial charge < -0.3 is 0 Å². The van der Waals surface area contributed by atoms with Crippen LogP contribution >= 0.6 is 0 Å². The summed E-state index contributed by atoms with van der Waals surface area (Å²) >= 11 is 0. The third kappa shape index (κ3) is 5.80. The van der Waals surface area contributed by atoms with E-state index in [0.29, 0.717) is 12.2 Å². The lowest BCUT2D eigenvalue weighted by Gasteiger charge is -1.99. The van der Waals surface area contributed by atoms with Crippen LogP contribution in [-0.2, 0) is 4.79 Å². The zero-order valence-corrected chi connectivity index (χ0v) is 8.98. The molecule has 14 heavy (non-hydrogen) atoms. The normalized spacial score (nSPS) is 21.0. The van der Waals surface area contributed by atoms with E-state index in [4.69, 9.17) is 0 Å². The SMILES string of the molecule is O=C1CCC#CCCCCCCCC1. The highest BCUT2D eigenvalue weighted by atomic mass is 16.1.